The summed E-state index contributed by atoms with van der Waals surface area (Å²) >= 11 is 0. The molecule has 0 amide bonds. The van der Waals surface area contributed by atoms with Crippen LogP contribution in [-0.4, -0.2) is 38.2 Å². The third kappa shape index (κ3) is 2.64. The SMILES string of the molecule is O=S1(=O)c2ccccc2N=CN1CCCNC1CC1. The van der Waals surface area contributed by atoms with Crippen LogP contribution in [-0.2, 0) is 10.0 Å². The molecule has 1 aromatic carbocycles. The van der Waals surface area contributed by atoms with Gasteiger partial charge in [0.2, 0.25) is 0 Å². The lowest BCUT2D eigenvalue weighted by atomic mass is 10.3. The van der Waals surface area contributed by atoms with Crippen LogP contribution in [0.15, 0.2) is 34.2 Å². The minimum atomic E-state index is -3.41. The number of nitrogens with zero attached hydrogens (tertiary/aromatic N) is 2. The van der Waals surface area contributed by atoms with E-state index in [0.29, 0.717) is 23.2 Å². The van der Waals surface area contributed by atoms with E-state index in [1.54, 1.807) is 24.3 Å². The number of rotatable bonds is 5. The Kier molecular flexibility index (Phi) is 3.28. The van der Waals surface area contributed by atoms with Crippen LogP contribution in [0.5, 0.6) is 0 Å². The van der Waals surface area contributed by atoms with Crippen molar-refractivity contribution < 1.29 is 8.42 Å². The van der Waals surface area contributed by atoms with Gasteiger partial charge in [-0.15, -0.1) is 0 Å². The van der Waals surface area contributed by atoms with Gasteiger partial charge in [0.25, 0.3) is 10.0 Å². The van der Waals surface area contributed by atoms with Crippen LogP contribution in [0.2, 0.25) is 0 Å². The summed E-state index contributed by atoms with van der Waals surface area (Å²) in [7, 11) is -3.41. The molecule has 0 radical (unpaired) electrons. The Morgan fingerprint density at radius 3 is 2.89 bits per heavy atom. The van der Waals surface area contributed by atoms with Crippen LogP contribution in [0.1, 0.15) is 19.3 Å². The maximum absolute atomic E-state index is 12.4. The Morgan fingerprint density at radius 2 is 2.11 bits per heavy atom. The summed E-state index contributed by atoms with van der Waals surface area (Å²) in [5.74, 6) is 0. The van der Waals surface area contributed by atoms with Crippen molar-refractivity contribution in [1.29, 1.82) is 0 Å². The fraction of sp³-hybridized carbons (Fsp3) is 0.462. The fourth-order valence-electron chi connectivity index (χ4n) is 2.10. The minimum Gasteiger partial charge on any atom is -0.314 e. The van der Waals surface area contributed by atoms with Gasteiger partial charge < -0.3 is 5.32 Å². The third-order valence-electron chi connectivity index (χ3n) is 3.34. The van der Waals surface area contributed by atoms with Gasteiger partial charge in [0.05, 0.1) is 5.69 Å². The number of para-hydroxylation sites is 1. The van der Waals surface area contributed by atoms with Crippen LogP contribution in [0.25, 0.3) is 0 Å². The highest BCUT2D eigenvalue weighted by Crippen LogP contribution is 2.29. The first kappa shape index (κ1) is 12.6. The van der Waals surface area contributed by atoms with Crippen LogP contribution in [0.3, 0.4) is 0 Å². The largest absolute Gasteiger partial charge is 0.314 e. The zero-order valence-electron chi connectivity index (χ0n) is 10.6. The summed E-state index contributed by atoms with van der Waals surface area (Å²) in [5, 5.41) is 3.38. The van der Waals surface area contributed by atoms with E-state index in [2.05, 4.69) is 10.3 Å². The monoisotopic (exact) mass is 279 g/mol. The number of fused-ring (bicyclic) bond motifs is 1. The normalized spacial score (nSPS) is 20.3. The zero-order chi connectivity index (χ0) is 13.3. The molecule has 3 rings (SSSR count). The first-order valence-electron chi connectivity index (χ1n) is 6.56. The number of sulfonamides is 1. The van der Waals surface area contributed by atoms with E-state index in [1.165, 1.54) is 23.5 Å². The van der Waals surface area contributed by atoms with E-state index in [9.17, 15) is 8.42 Å². The van der Waals surface area contributed by atoms with Gasteiger partial charge in [-0.1, -0.05) is 12.1 Å². The average molecular weight is 279 g/mol. The minimum absolute atomic E-state index is 0.299. The van der Waals surface area contributed by atoms with Crippen LogP contribution < -0.4 is 5.32 Å². The molecule has 102 valence electrons. The van der Waals surface area contributed by atoms with Crippen molar-refractivity contribution in [3.63, 3.8) is 0 Å². The molecule has 2 aliphatic rings. The quantitative estimate of drug-likeness (QED) is 0.831. The van der Waals surface area contributed by atoms with Gasteiger partial charge in [0, 0.05) is 12.6 Å². The lowest BCUT2D eigenvalue weighted by Crippen LogP contribution is -2.34. The Labute approximate surface area is 113 Å². The van der Waals surface area contributed by atoms with E-state index in [0.717, 1.165) is 13.0 Å². The molecule has 19 heavy (non-hydrogen) atoms. The van der Waals surface area contributed by atoms with Crippen LogP contribution in [0, 0.1) is 0 Å². The highest BCUT2D eigenvalue weighted by molar-refractivity contribution is 7.89. The van der Waals surface area contributed by atoms with Gasteiger partial charge in [-0.3, -0.25) is 4.31 Å². The molecule has 1 aliphatic heterocycles. The molecule has 1 aromatic rings. The summed E-state index contributed by atoms with van der Waals surface area (Å²) in [6.45, 7) is 1.33. The van der Waals surface area contributed by atoms with Gasteiger partial charge >= 0.3 is 0 Å². The number of benzene rings is 1. The molecule has 1 aliphatic carbocycles. The maximum atomic E-state index is 12.4. The molecule has 0 spiro atoms. The Hall–Kier alpha value is -1.40. The predicted octanol–water partition coefficient (Wildman–Crippen LogP) is 1.49. The molecule has 0 atom stereocenters. The summed E-state index contributed by atoms with van der Waals surface area (Å²) in [6.07, 6.45) is 4.71. The lowest BCUT2D eigenvalue weighted by molar-refractivity contribution is 0.505. The van der Waals surface area contributed by atoms with Crippen molar-refractivity contribution in [2.24, 2.45) is 4.99 Å². The van der Waals surface area contributed by atoms with Gasteiger partial charge in [0.1, 0.15) is 11.2 Å². The van der Waals surface area contributed by atoms with Crippen LogP contribution >= 0.6 is 0 Å². The fourth-order valence-corrected chi connectivity index (χ4v) is 3.53. The topological polar surface area (TPSA) is 61.8 Å². The highest BCUT2D eigenvalue weighted by atomic mass is 32.2. The Bertz CT molecular complexity index is 594. The van der Waals surface area contributed by atoms with E-state index < -0.39 is 10.0 Å². The van der Waals surface area contributed by atoms with Gasteiger partial charge in [-0.25, -0.2) is 13.4 Å². The second-order valence-corrected chi connectivity index (χ2v) is 6.77. The lowest BCUT2D eigenvalue weighted by Gasteiger charge is -2.23. The molecule has 0 bridgehead atoms. The summed E-state index contributed by atoms with van der Waals surface area (Å²) in [5.41, 5.74) is 0.523. The molecule has 1 fully saturated rings. The summed E-state index contributed by atoms with van der Waals surface area (Å²) in [4.78, 5) is 4.50. The second-order valence-electron chi connectivity index (χ2n) is 4.91. The molecule has 0 aromatic heterocycles. The standard InChI is InChI=1S/C13H17N3O2S/c17-19(18)13-5-2-1-4-12(13)15-10-16(19)9-3-8-14-11-6-7-11/h1-2,4-5,10-11,14H,3,6-9H2. The molecular weight excluding hydrogens is 262 g/mol. The van der Waals surface area contributed by atoms with E-state index in [1.807, 2.05) is 0 Å². The molecular formula is C13H17N3O2S. The summed E-state index contributed by atoms with van der Waals surface area (Å²) < 4.78 is 26.1. The van der Waals surface area contributed by atoms with Crippen molar-refractivity contribution in [3.05, 3.63) is 24.3 Å². The van der Waals surface area contributed by atoms with Gasteiger partial charge in [-0.2, -0.15) is 0 Å². The number of hydrogen-bond acceptors (Lipinski definition) is 4. The first-order chi connectivity index (χ1) is 9.18. The molecule has 0 saturated heterocycles. The number of hydrogen-bond donors (Lipinski definition) is 1. The average Bonchev–Trinajstić information content (AvgIpc) is 3.21. The van der Waals surface area contributed by atoms with E-state index >= 15 is 0 Å². The molecule has 6 heteroatoms. The van der Waals surface area contributed by atoms with Gasteiger partial charge in [0.15, 0.2) is 0 Å². The van der Waals surface area contributed by atoms with Crippen molar-refractivity contribution in [2.45, 2.75) is 30.2 Å². The van der Waals surface area contributed by atoms with Gasteiger partial charge in [-0.05, 0) is 37.9 Å². The highest BCUT2D eigenvalue weighted by Gasteiger charge is 2.28. The Balaban J connectivity index is 1.66. The van der Waals surface area contributed by atoms with Crippen molar-refractivity contribution in [3.8, 4) is 0 Å². The molecule has 1 heterocycles. The maximum Gasteiger partial charge on any atom is 0.267 e. The first-order valence-corrected chi connectivity index (χ1v) is 8.00. The second kappa shape index (κ2) is 4.94. The molecule has 0 unspecified atom stereocenters. The molecule has 5 nitrogen and oxygen atoms in total. The zero-order valence-corrected chi connectivity index (χ0v) is 11.4. The summed E-state index contributed by atoms with van der Waals surface area (Å²) in [6, 6.07) is 7.50. The predicted molar refractivity (Wildman–Crippen MR) is 74.1 cm³/mol. The Morgan fingerprint density at radius 1 is 1.32 bits per heavy atom. The van der Waals surface area contributed by atoms with E-state index in [4.69, 9.17) is 0 Å². The smallest absolute Gasteiger partial charge is 0.267 e. The van der Waals surface area contributed by atoms with Crippen molar-refractivity contribution in [1.82, 2.24) is 9.62 Å². The molecule has 1 saturated carbocycles. The van der Waals surface area contributed by atoms with Crippen molar-refractivity contribution in [2.75, 3.05) is 13.1 Å². The van der Waals surface area contributed by atoms with Crippen molar-refractivity contribution >= 4 is 22.0 Å². The molecule has 1 N–H and O–H groups in total. The number of aliphatic imine (C=N–C) groups is 1. The number of nitrogens with one attached hydrogen (secondary N) is 1. The van der Waals surface area contributed by atoms with E-state index in [-0.39, 0.29) is 0 Å². The van der Waals surface area contributed by atoms with Crippen LogP contribution in [0.4, 0.5) is 5.69 Å². The third-order valence-corrected chi connectivity index (χ3v) is 5.14.